The number of nitrogens with zero attached hydrogens (tertiary/aromatic N) is 1. The minimum absolute atomic E-state index is 0.0404. The smallest absolute Gasteiger partial charge is 0.222 e. The van der Waals surface area contributed by atoms with E-state index in [4.69, 9.17) is 0 Å². The van der Waals surface area contributed by atoms with Crippen LogP contribution in [0.5, 0.6) is 0 Å². The number of unbranched alkanes of at least 4 members (excludes halogenated alkanes) is 5. The maximum Gasteiger partial charge on any atom is 0.285 e. The summed E-state index contributed by atoms with van der Waals surface area (Å²) in [6.07, 6.45) is 5.81. The summed E-state index contributed by atoms with van der Waals surface area (Å²) in [7, 11) is -7.54. The van der Waals surface area contributed by atoms with Gasteiger partial charge in [-0.25, -0.2) is 8.42 Å². The lowest BCUT2D eigenvalue weighted by molar-refractivity contribution is 0.592. The van der Waals surface area contributed by atoms with Crippen molar-refractivity contribution in [2.75, 3.05) is 5.75 Å². The van der Waals surface area contributed by atoms with E-state index in [1.54, 1.807) is 13.8 Å². The average molecular weight is 378 g/mol. The van der Waals surface area contributed by atoms with Crippen LogP contribution in [0.3, 0.4) is 0 Å². The Balaban J connectivity index is 2.16. The number of hydrogen-bond acceptors (Lipinski definition) is 5. The molecular formula is C15H23NO4S3. The third-order valence-electron chi connectivity index (χ3n) is 3.94. The summed E-state index contributed by atoms with van der Waals surface area (Å²) in [5.41, 5.74) is 0.304. The molecule has 2 rings (SSSR count). The highest BCUT2D eigenvalue weighted by Gasteiger charge is 2.39. The lowest BCUT2D eigenvalue weighted by Gasteiger charge is -2.04. The van der Waals surface area contributed by atoms with E-state index in [2.05, 4.69) is 11.3 Å². The first-order valence-electron chi connectivity index (χ1n) is 7.89. The van der Waals surface area contributed by atoms with Gasteiger partial charge in [0.25, 0.3) is 10.0 Å². The quantitative estimate of drug-likeness (QED) is 0.680. The van der Waals surface area contributed by atoms with E-state index in [0.717, 1.165) is 32.1 Å². The summed E-state index contributed by atoms with van der Waals surface area (Å²) < 4.78 is 53.0. The minimum Gasteiger partial charge on any atom is -0.222 e. The molecule has 0 aliphatic carbocycles. The van der Waals surface area contributed by atoms with Gasteiger partial charge in [-0.2, -0.15) is 8.42 Å². The van der Waals surface area contributed by atoms with Crippen LogP contribution < -0.4 is 0 Å². The van der Waals surface area contributed by atoms with Gasteiger partial charge < -0.3 is 0 Å². The lowest BCUT2D eigenvalue weighted by atomic mass is 10.1. The minimum atomic E-state index is -3.87. The summed E-state index contributed by atoms with van der Waals surface area (Å²) in [4.78, 5) is 1.39. The van der Waals surface area contributed by atoms with Crippen molar-refractivity contribution >= 4 is 36.2 Å². The number of hydrogen-bond donors (Lipinski definition) is 0. The average Bonchev–Trinajstić information content (AvgIpc) is 2.91. The van der Waals surface area contributed by atoms with Gasteiger partial charge in [0.1, 0.15) is 4.90 Å². The Kier molecular flexibility index (Phi) is 5.68. The van der Waals surface area contributed by atoms with Crippen LogP contribution in [0.15, 0.2) is 9.29 Å². The Labute approximate surface area is 142 Å². The molecule has 23 heavy (non-hydrogen) atoms. The maximum absolute atomic E-state index is 12.5. The zero-order valence-electron chi connectivity index (χ0n) is 13.8. The van der Waals surface area contributed by atoms with Crippen molar-refractivity contribution < 1.29 is 16.8 Å². The summed E-state index contributed by atoms with van der Waals surface area (Å²) >= 11 is 1.31. The number of thiophene rings is 1. The molecule has 5 nitrogen and oxygen atoms in total. The standard InChI is InChI=1S/C15H23NO4S3/c1-4-5-6-7-8-9-10-22(17,18)15-13-11(2)21-12(3)14(13)23(19,20)16-15/h4-10H2,1-3H3. The highest BCUT2D eigenvalue weighted by atomic mass is 32.2. The first kappa shape index (κ1) is 18.6. The van der Waals surface area contributed by atoms with Gasteiger partial charge in [-0.1, -0.05) is 39.0 Å². The molecule has 1 aliphatic heterocycles. The number of fused-ring (bicyclic) bond motifs is 1. The molecule has 130 valence electrons. The van der Waals surface area contributed by atoms with Gasteiger partial charge in [-0.05, 0) is 20.3 Å². The van der Waals surface area contributed by atoms with Crippen molar-refractivity contribution in [2.45, 2.75) is 64.2 Å². The van der Waals surface area contributed by atoms with Crippen molar-refractivity contribution in [1.29, 1.82) is 0 Å². The molecule has 0 bridgehead atoms. The molecule has 0 radical (unpaired) electrons. The van der Waals surface area contributed by atoms with E-state index in [-0.39, 0.29) is 15.7 Å². The number of sulfonamides is 1. The zero-order chi connectivity index (χ0) is 17.3. The third kappa shape index (κ3) is 3.85. The molecule has 0 saturated carbocycles. The molecule has 2 heterocycles. The summed E-state index contributed by atoms with van der Waals surface area (Å²) in [6, 6.07) is 0. The molecule has 0 aromatic carbocycles. The number of rotatable bonds is 7. The second kappa shape index (κ2) is 7.03. The number of sulfone groups is 1. The summed E-state index contributed by atoms with van der Waals surface area (Å²) in [5, 5.41) is -0.247. The van der Waals surface area contributed by atoms with E-state index in [1.165, 1.54) is 11.3 Å². The zero-order valence-corrected chi connectivity index (χ0v) is 16.2. The van der Waals surface area contributed by atoms with Gasteiger partial charge in [-0.15, -0.1) is 15.7 Å². The van der Waals surface area contributed by atoms with Crippen molar-refractivity contribution in [1.82, 2.24) is 0 Å². The molecule has 0 N–H and O–H groups in total. The molecule has 8 heteroatoms. The predicted molar refractivity (Wildman–Crippen MR) is 94.7 cm³/mol. The third-order valence-corrected chi connectivity index (χ3v) is 8.37. The maximum atomic E-state index is 12.5. The topological polar surface area (TPSA) is 80.6 Å². The predicted octanol–water partition coefficient (Wildman–Crippen LogP) is 3.59. The first-order valence-corrected chi connectivity index (χ1v) is 11.8. The van der Waals surface area contributed by atoms with Gasteiger partial charge in [0.2, 0.25) is 0 Å². The molecule has 0 atom stereocenters. The normalized spacial score (nSPS) is 16.4. The van der Waals surface area contributed by atoms with E-state index >= 15 is 0 Å². The molecule has 1 aromatic heterocycles. The second-order valence-corrected chi connectivity index (χ2v) is 10.9. The van der Waals surface area contributed by atoms with Crippen molar-refractivity contribution in [3.63, 3.8) is 0 Å². The van der Waals surface area contributed by atoms with Crippen LogP contribution in [0, 0.1) is 13.8 Å². The Bertz CT molecular complexity index is 817. The number of aryl methyl sites for hydroxylation is 2. The Morgan fingerprint density at radius 2 is 1.61 bits per heavy atom. The fraction of sp³-hybridized carbons (Fsp3) is 0.667. The van der Waals surface area contributed by atoms with Gasteiger partial charge >= 0.3 is 0 Å². The molecule has 0 unspecified atom stereocenters. The van der Waals surface area contributed by atoms with Crippen molar-refractivity contribution in [3.8, 4) is 0 Å². The lowest BCUT2D eigenvalue weighted by Crippen LogP contribution is -2.18. The molecule has 0 amide bonds. The molecule has 0 spiro atoms. The Morgan fingerprint density at radius 3 is 2.26 bits per heavy atom. The van der Waals surface area contributed by atoms with Crippen LogP contribution in [0.2, 0.25) is 0 Å². The van der Waals surface area contributed by atoms with Crippen LogP contribution >= 0.6 is 11.3 Å². The molecular weight excluding hydrogens is 354 g/mol. The fourth-order valence-corrected chi connectivity index (χ4v) is 7.76. The highest BCUT2D eigenvalue weighted by molar-refractivity contribution is 8.08. The Hall–Kier alpha value is -0.730. The monoisotopic (exact) mass is 377 g/mol. The SMILES string of the molecule is CCCCCCCCS(=O)(=O)C1=NS(=O)(=O)c2c(C)sc(C)c21. The first-order chi connectivity index (χ1) is 10.7. The van der Waals surface area contributed by atoms with Crippen molar-refractivity contribution in [3.05, 3.63) is 15.3 Å². The largest absolute Gasteiger partial charge is 0.285 e. The molecule has 0 fully saturated rings. The van der Waals surface area contributed by atoms with Gasteiger partial charge in [-0.3, -0.25) is 0 Å². The fourth-order valence-electron chi connectivity index (χ4n) is 2.80. The van der Waals surface area contributed by atoms with Crippen LogP contribution in [-0.4, -0.2) is 27.6 Å². The van der Waals surface area contributed by atoms with E-state index < -0.39 is 19.9 Å². The van der Waals surface area contributed by atoms with Gasteiger partial charge in [0.15, 0.2) is 14.9 Å². The van der Waals surface area contributed by atoms with Crippen LogP contribution in [0.1, 0.15) is 60.8 Å². The molecule has 1 aromatic rings. The second-order valence-electron chi connectivity index (χ2n) is 5.88. The van der Waals surface area contributed by atoms with E-state index in [1.807, 2.05) is 0 Å². The van der Waals surface area contributed by atoms with E-state index in [0.29, 0.717) is 21.7 Å². The van der Waals surface area contributed by atoms with Gasteiger partial charge in [0, 0.05) is 15.3 Å². The van der Waals surface area contributed by atoms with E-state index in [9.17, 15) is 16.8 Å². The van der Waals surface area contributed by atoms with Crippen LogP contribution in [0.4, 0.5) is 0 Å². The summed E-state index contributed by atoms with van der Waals surface area (Å²) in [6.45, 7) is 5.56. The highest BCUT2D eigenvalue weighted by Crippen LogP contribution is 2.38. The van der Waals surface area contributed by atoms with Crippen LogP contribution in [0.25, 0.3) is 0 Å². The van der Waals surface area contributed by atoms with Gasteiger partial charge in [0.05, 0.1) is 5.75 Å². The molecule has 0 saturated heterocycles. The van der Waals surface area contributed by atoms with Crippen molar-refractivity contribution in [2.24, 2.45) is 4.40 Å². The molecule has 1 aliphatic rings. The summed E-state index contributed by atoms with van der Waals surface area (Å²) in [5.74, 6) is -0.0404. The van der Waals surface area contributed by atoms with Crippen LogP contribution in [-0.2, 0) is 19.9 Å². The Morgan fingerprint density at radius 1 is 1.00 bits per heavy atom.